The van der Waals surface area contributed by atoms with Crippen LogP contribution in [0.4, 0.5) is 11.5 Å². The van der Waals surface area contributed by atoms with Gasteiger partial charge >= 0.3 is 5.69 Å². The maximum Gasteiger partial charge on any atom is 0.313 e. The third-order valence-corrected chi connectivity index (χ3v) is 3.83. The second kappa shape index (κ2) is 5.65. The minimum atomic E-state index is -0.434. The van der Waals surface area contributed by atoms with Crippen molar-refractivity contribution in [2.45, 2.75) is 18.9 Å². The predicted molar refractivity (Wildman–Crippen MR) is 79.5 cm³/mol. The van der Waals surface area contributed by atoms with Crippen LogP contribution >= 0.6 is 11.6 Å². The maximum absolute atomic E-state index is 11.2. The van der Waals surface area contributed by atoms with E-state index in [1.165, 1.54) is 12.3 Å². The van der Waals surface area contributed by atoms with Gasteiger partial charge in [0.2, 0.25) is 5.82 Å². The summed E-state index contributed by atoms with van der Waals surface area (Å²) in [6, 6.07) is 5.31. The topological polar surface area (TPSA) is 72.2 Å². The average molecular weight is 305 g/mol. The van der Waals surface area contributed by atoms with Crippen molar-refractivity contribution in [1.29, 1.82) is 0 Å². The molecule has 21 heavy (non-hydrogen) atoms. The Kier molecular flexibility index (Phi) is 3.70. The lowest BCUT2D eigenvalue weighted by Crippen LogP contribution is -2.24. The van der Waals surface area contributed by atoms with Crippen molar-refractivity contribution in [2.24, 2.45) is 0 Å². The number of nitro groups is 1. The second-order valence-corrected chi connectivity index (χ2v) is 5.32. The number of halogens is 1. The molecule has 0 N–H and O–H groups in total. The van der Waals surface area contributed by atoms with Gasteiger partial charge in [0.25, 0.3) is 0 Å². The predicted octanol–water partition coefficient (Wildman–Crippen LogP) is 3.38. The molecule has 6 nitrogen and oxygen atoms in total. The molecular formula is C14H13ClN4O2. The summed E-state index contributed by atoms with van der Waals surface area (Å²) >= 11 is 5.83. The molecule has 2 aromatic rings. The summed E-state index contributed by atoms with van der Waals surface area (Å²) in [5, 5.41) is 11.5. The normalized spacial score (nSPS) is 18.0. The Balaban J connectivity index is 2.01. The Morgan fingerprint density at radius 2 is 2.14 bits per heavy atom. The lowest BCUT2D eigenvalue weighted by atomic mass is 10.1. The van der Waals surface area contributed by atoms with Crippen molar-refractivity contribution in [1.82, 2.24) is 9.97 Å². The number of pyridine rings is 2. The fourth-order valence-electron chi connectivity index (χ4n) is 2.73. The minimum Gasteiger partial charge on any atom is -0.344 e. The molecule has 0 radical (unpaired) electrons. The Hall–Kier alpha value is -2.21. The van der Waals surface area contributed by atoms with Gasteiger partial charge in [0, 0.05) is 31.2 Å². The van der Waals surface area contributed by atoms with Crippen molar-refractivity contribution >= 4 is 23.1 Å². The quantitative estimate of drug-likeness (QED) is 0.642. The van der Waals surface area contributed by atoms with Gasteiger partial charge < -0.3 is 4.90 Å². The molecule has 0 bridgehead atoms. The zero-order valence-corrected chi connectivity index (χ0v) is 11.9. The lowest BCUT2D eigenvalue weighted by molar-refractivity contribution is -0.384. The van der Waals surface area contributed by atoms with E-state index < -0.39 is 4.92 Å². The van der Waals surface area contributed by atoms with Gasteiger partial charge in [-0.3, -0.25) is 15.1 Å². The highest BCUT2D eigenvalue weighted by molar-refractivity contribution is 6.30. The summed E-state index contributed by atoms with van der Waals surface area (Å²) in [5.41, 5.74) is 1.04. The van der Waals surface area contributed by atoms with Gasteiger partial charge in [-0.05, 0) is 30.5 Å². The summed E-state index contributed by atoms with van der Waals surface area (Å²) in [6.45, 7) is 0.739. The molecule has 108 valence electrons. The zero-order valence-electron chi connectivity index (χ0n) is 11.1. The van der Waals surface area contributed by atoms with E-state index in [2.05, 4.69) is 9.97 Å². The Labute approximate surface area is 126 Å². The summed E-state index contributed by atoms with van der Waals surface area (Å²) in [7, 11) is 0. The molecule has 1 atom stereocenters. The van der Waals surface area contributed by atoms with Gasteiger partial charge in [0.05, 0.1) is 16.0 Å². The number of hydrogen-bond acceptors (Lipinski definition) is 5. The highest BCUT2D eigenvalue weighted by Gasteiger charge is 2.32. The van der Waals surface area contributed by atoms with Gasteiger partial charge in [-0.1, -0.05) is 11.6 Å². The van der Waals surface area contributed by atoms with Gasteiger partial charge in [-0.2, -0.15) is 0 Å². The molecule has 0 unspecified atom stereocenters. The van der Waals surface area contributed by atoms with Crippen LogP contribution in [0.5, 0.6) is 0 Å². The fraction of sp³-hybridized carbons (Fsp3) is 0.286. The standard InChI is InChI=1S/C14H13ClN4O2/c15-11-8-13(19(20)21)14(17-9-11)18-7-1-2-12(18)10-3-5-16-6-4-10/h3-6,8-9,12H,1-2,7H2/t12-/m0/s1. The van der Waals surface area contributed by atoms with E-state index in [0.717, 1.165) is 24.9 Å². The molecule has 0 aliphatic carbocycles. The van der Waals surface area contributed by atoms with E-state index in [0.29, 0.717) is 5.82 Å². The van der Waals surface area contributed by atoms with Crippen molar-refractivity contribution in [3.63, 3.8) is 0 Å². The van der Waals surface area contributed by atoms with E-state index in [9.17, 15) is 10.1 Å². The zero-order chi connectivity index (χ0) is 14.8. The van der Waals surface area contributed by atoms with Gasteiger partial charge in [-0.25, -0.2) is 4.98 Å². The Bertz CT molecular complexity index is 665. The molecular weight excluding hydrogens is 292 g/mol. The minimum absolute atomic E-state index is 0.0524. The average Bonchev–Trinajstić information content (AvgIpc) is 2.97. The van der Waals surface area contributed by atoms with Crippen molar-refractivity contribution in [3.8, 4) is 0 Å². The first-order valence-corrected chi connectivity index (χ1v) is 7.01. The van der Waals surface area contributed by atoms with Crippen LogP contribution in [0.2, 0.25) is 5.02 Å². The van der Waals surface area contributed by atoms with Crippen LogP contribution in [0, 0.1) is 10.1 Å². The lowest BCUT2D eigenvalue weighted by Gasteiger charge is -2.25. The summed E-state index contributed by atoms with van der Waals surface area (Å²) < 4.78 is 0. The van der Waals surface area contributed by atoms with Crippen molar-refractivity contribution in [2.75, 3.05) is 11.4 Å². The first kappa shape index (κ1) is 13.8. The van der Waals surface area contributed by atoms with Crippen LogP contribution in [0.15, 0.2) is 36.8 Å². The maximum atomic E-state index is 11.2. The van der Waals surface area contributed by atoms with E-state index in [4.69, 9.17) is 11.6 Å². The van der Waals surface area contributed by atoms with Crippen molar-refractivity contribution < 1.29 is 4.92 Å². The molecule has 0 saturated carbocycles. The SMILES string of the molecule is O=[N+]([O-])c1cc(Cl)cnc1N1CCC[C@H]1c1ccncc1. The first-order chi connectivity index (χ1) is 10.2. The van der Waals surface area contributed by atoms with E-state index in [-0.39, 0.29) is 16.8 Å². The second-order valence-electron chi connectivity index (χ2n) is 4.89. The molecule has 3 rings (SSSR count). The van der Waals surface area contributed by atoms with Crippen LogP contribution in [0.25, 0.3) is 0 Å². The fourth-order valence-corrected chi connectivity index (χ4v) is 2.88. The molecule has 0 amide bonds. The summed E-state index contributed by atoms with van der Waals surface area (Å²) in [6.07, 6.45) is 6.82. The number of rotatable bonds is 3. The molecule has 3 heterocycles. The van der Waals surface area contributed by atoms with E-state index in [1.807, 2.05) is 17.0 Å². The molecule has 1 saturated heterocycles. The molecule has 0 spiro atoms. The summed E-state index contributed by atoms with van der Waals surface area (Å²) in [5.74, 6) is 0.378. The number of anilines is 1. The van der Waals surface area contributed by atoms with Gasteiger partial charge in [-0.15, -0.1) is 0 Å². The third-order valence-electron chi connectivity index (χ3n) is 3.63. The largest absolute Gasteiger partial charge is 0.344 e. The molecule has 1 fully saturated rings. The van der Waals surface area contributed by atoms with Crippen molar-refractivity contribution in [3.05, 3.63) is 57.5 Å². The number of hydrogen-bond donors (Lipinski definition) is 0. The van der Waals surface area contributed by atoms with Crippen LogP contribution in [-0.2, 0) is 0 Å². The van der Waals surface area contributed by atoms with E-state index in [1.54, 1.807) is 12.4 Å². The third kappa shape index (κ3) is 2.67. The van der Waals surface area contributed by atoms with Gasteiger partial charge in [0.1, 0.15) is 0 Å². The molecule has 0 aromatic carbocycles. The highest BCUT2D eigenvalue weighted by Crippen LogP contribution is 2.39. The van der Waals surface area contributed by atoms with Crippen LogP contribution in [-0.4, -0.2) is 21.4 Å². The highest BCUT2D eigenvalue weighted by atomic mass is 35.5. The smallest absolute Gasteiger partial charge is 0.313 e. The monoisotopic (exact) mass is 304 g/mol. The Morgan fingerprint density at radius 1 is 1.38 bits per heavy atom. The summed E-state index contributed by atoms with van der Waals surface area (Å²) in [4.78, 5) is 21.0. The van der Waals surface area contributed by atoms with Crippen LogP contribution in [0.1, 0.15) is 24.4 Å². The number of aromatic nitrogens is 2. The van der Waals surface area contributed by atoms with Crippen LogP contribution < -0.4 is 4.90 Å². The van der Waals surface area contributed by atoms with E-state index >= 15 is 0 Å². The molecule has 1 aliphatic rings. The Morgan fingerprint density at radius 3 is 2.86 bits per heavy atom. The molecule has 1 aliphatic heterocycles. The first-order valence-electron chi connectivity index (χ1n) is 6.63. The molecule has 2 aromatic heterocycles. The van der Waals surface area contributed by atoms with Crippen LogP contribution in [0.3, 0.4) is 0 Å². The van der Waals surface area contributed by atoms with Gasteiger partial charge in [0.15, 0.2) is 0 Å². The number of nitrogens with zero attached hydrogens (tertiary/aromatic N) is 4. The molecule has 7 heteroatoms.